The Balaban J connectivity index is 1.48. The first-order chi connectivity index (χ1) is 12.9. The maximum atomic E-state index is 4.71. The zero-order chi connectivity index (χ0) is 19.0. The lowest BCUT2D eigenvalue weighted by Crippen LogP contribution is -2.28. The Bertz CT molecular complexity index is 971. The molecule has 4 rings (SSSR count). The Hall–Kier alpha value is -2.39. The van der Waals surface area contributed by atoms with Gasteiger partial charge in [0.25, 0.3) is 0 Å². The van der Waals surface area contributed by atoms with E-state index in [9.17, 15) is 0 Å². The van der Waals surface area contributed by atoms with Crippen LogP contribution in [0.15, 0.2) is 54.7 Å². The topological polar surface area (TPSA) is 20.5 Å². The highest BCUT2D eigenvalue weighted by Gasteiger charge is 2.18. The molecule has 3 aromatic rings. The molecule has 140 valence electrons. The molecule has 1 aliphatic rings. The van der Waals surface area contributed by atoms with Crippen LogP contribution in [0.5, 0.6) is 0 Å². The number of benzene rings is 1. The van der Waals surface area contributed by atoms with E-state index >= 15 is 0 Å². The van der Waals surface area contributed by atoms with Gasteiger partial charge in [-0.2, -0.15) is 0 Å². The van der Waals surface area contributed by atoms with Crippen LogP contribution in [0.25, 0.3) is 11.2 Å². The van der Waals surface area contributed by atoms with Gasteiger partial charge in [0.2, 0.25) is 0 Å². The molecule has 0 N–H and O–H groups in total. The van der Waals surface area contributed by atoms with Crippen LogP contribution in [0.3, 0.4) is 0 Å². The summed E-state index contributed by atoms with van der Waals surface area (Å²) in [5.41, 5.74) is 7.87. The van der Waals surface area contributed by atoms with Crippen molar-refractivity contribution in [2.45, 2.75) is 46.1 Å². The maximum Gasteiger partial charge on any atom is 0.137 e. The van der Waals surface area contributed by atoms with Gasteiger partial charge in [-0.05, 0) is 47.6 Å². The second kappa shape index (κ2) is 6.97. The zero-order valence-electron chi connectivity index (χ0n) is 16.9. The molecule has 0 aliphatic carbocycles. The van der Waals surface area contributed by atoms with E-state index in [1.54, 1.807) is 0 Å². The summed E-state index contributed by atoms with van der Waals surface area (Å²) in [6.07, 6.45) is 5.58. The van der Waals surface area contributed by atoms with Crippen LogP contribution >= 0.6 is 0 Å². The second-order valence-corrected chi connectivity index (χ2v) is 8.64. The smallest absolute Gasteiger partial charge is 0.137 e. The number of imidazole rings is 1. The molecule has 0 unspecified atom stereocenters. The molecule has 0 saturated heterocycles. The van der Waals surface area contributed by atoms with E-state index in [1.165, 1.54) is 22.4 Å². The van der Waals surface area contributed by atoms with E-state index < -0.39 is 0 Å². The summed E-state index contributed by atoms with van der Waals surface area (Å²) < 4.78 is 2.22. The van der Waals surface area contributed by atoms with Crippen molar-refractivity contribution in [3.8, 4) is 0 Å². The Morgan fingerprint density at radius 2 is 1.81 bits per heavy atom. The van der Waals surface area contributed by atoms with Crippen molar-refractivity contribution in [2.24, 2.45) is 0 Å². The van der Waals surface area contributed by atoms with Gasteiger partial charge in [0, 0.05) is 25.8 Å². The van der Waals surface area contributed by atoms with E-state index in [0.717, 1.165) is 37.4 Å². The molecule has 0 radical (unpaired) electrons. The van der Waals surface area contributed by atoms with Crippen LogP contribution < -0.4 is 0 Å². The van der Waals surface area contributed by atoms with Crippen molar-refractivity contribution in [2.75, 3.05) is 13.1 Å². The van der Waals surface area contributed by atoms with Crippen molar-refractivity contribution < 1.29 is 0 Å². The van der Waals surface area contributed by atoms with Gasteiger partial charge in [0.15, 0.2) is 0 Å². The Labute approximate surface area is 162 Å². The van der Waals surface area contributed by atoms with Gasteiger partial charge in [-0.25, -0.2) is 4.98 Å². The number of aryl methyl sites for hydroxylation is 1. The van der Waals surface area contributed by atoms with Crippen LogP contribution in [0.2, 0.25) is 0 Å². The predicted molar refractivity (Wildman–Crippen MR) is 113 cm³/mol. The van der Waals surface area contributed by atoms with Crippen LogP contribution in [-0.2, 0) is 12.0 Å². The summed E-state index contributed by atoms with van der Waals surface area (Å²) in [6.45, 7) is 12.0. The summed E-state index contributed by atoms with van der Waals surface area (Å²) in [7, 11) is 0. The number of pyridine rings is 1. The first-order valence-corrected chi connectivity index (χ1v) is 9.87. The molecule has 0 spiro atoms. The quantitative estimate of drug-likeness (QED) is 0.638. The average Bonchev–Trinajstić information content (AvgIpc) is 2.98. The molecule has 0 saturated carbocycles. The van der Waals surface area contributed by atoms with Crippen molar-refractivity contribution >= 4 is 11.2 Å². The lowest BCUT2D eigenvalue weighted by Gasteiger charge is -2.27. The maximum absolute atomic E-state index is 4.71. The van der Waals surface area contributed by atoms with Gasteiger partial charge in [-0.15, -0.1) is 0 Å². The van der Waals surface area contributed by atoms with Gasteiger partial charge in [-0.1, -0.05) is 57.2 Å². The number of aromatic nitrogens is 2. The molecule has 27 heavy (non-hydrogen) atoms. The first-order valence-electron chi connectivity index (χ1n) is 9.87. The normalized spacial score (nSPS) is 15.9. The van der Waals surface area contributed by atoms with Crippen LogP contribution in [0, 0.1) is 6.92 Å². The summed E-state index contributed by atoms with van der Waals surface area (Å²) in [5.74, 6) is 0. The largest absolute Gasteiger partial charge is 0.300 e. The highest BCUT2D eigenvalue weighted by atomic mass is 15.1. The fraction of sp³-hybridized carbons (Fsp3) is 0.375. The third-order valence-corrected chi connectivity index (χ3v) is 5.53. The van der Waals surface area contributed by atoms with Gasteiger partial charge >= 0.3 is 0 Å². The number of hydrogen-bond acceptors (Lipinski definition) is 2. The summed E-state index contributed by atoms with van der Waals surface area (Å²) >= 11 is 0. The third kappa shape index (κ3) is 3.70. The molecular weight excluding hydrogens is 330 g/mol. The number of hydrogen-bond donors (Lipinski definition) is 0. The minimum absolute atomic E-state index is 0.215. The van der Waals surface area contributed by atoms with Crippen molar-refractivity contribution in [3.63, 3.8) is 0 Å². The van der Waals surface area contributed by atoms with Gasteiger partial charge < -0.3 is 0 Å². The van der Waals surface area contributed by atoms with E-state index in [1.807, 2.05) is 6.07 Å². The first kappa shape index (κ1) is 18.0. The minimum Gasteiger partial charge on any atom is -0.300 e. The molecule has 1 aromatic carbocycles. The van der Waals surface area contributed by atoms with Gasteiger partial charge in [0.1, 0.15) is 5.65 Å². The predicted octanol–water partition coefficient (Wildman–Crippen LogP) is 5.23. The Kier molecular flexibility index (Phi) is 4.65. The molecule has 2 aromatic heterocycles. The highest BCUT2D eigenvalue weighted by molar-refractivity contribution is 5.69. The van der Waals surface area contributed by atoms with E-state index in [-0.39, 0.29) is 5.41 Å². The SMILES string of the molecule is Cc1nc2ccccn2c1C1=CCN(Cc2ccc(C(C)(C)C)cc2)CC1. The number of rotatable bonds is 3. The lowest BCUT2D eigenvalue weighted by molar-refractivity contribution is 0.293. The van der Waals surface area contributed by atoms with Crippen LogP contribution in [0.1, 0.15) is 49.7 Å². The molecule has 3 nitrogen and oxygen atoms in total. The number of fused-ring (bicyclic) bond motifs is 1. The van der Waals surface area contributed by atoms with Crippen LogP contribution in [-0.4, -0.2) is 27.4 Å². The van der Waals surface area contributed by atoms with E-state index in [0.29, 0.717) is 0 Å². The van der Waals surface area contributed by atoms with Crippen molar-refractivity contribution in [1.82, 2.24) is 14.3 Å². The summed E-state index contributed by atoms with van der Waals surface area (Å²) in [5, 5.41) is 0. The fourth-order valence-electron chi connectivity index (χ4n) is 3.94. The zero-order valence-corrected chi connectivity index (χ0v) is 16.9. The van der Waals surface area contributed by atoms with Gasteiger partial charge in [-0.3, -0.25) is 9.30 Å². The van der Waals surface area contributed by atoms with E-state index in [4.69, 9.17) is 4.98 Å². The summed E-state index contributed by atoms with van der Waals surface area (Å²) in [6, 6.07) is 15.3. The Morgan fingerprint density at radius 3 is 2.48 bits per heavy atom. The lowest BCUT2D eigenvalue weighted by atomic mass is 9.86. The van der Waals surface area contributed by atoms with E-state index in [2.05, 4.69) is 85.7 Å². The third-order valence-electron chi connectivity index (χ3n) is 5.53. The molecule has 3 heterocycles. The van der Waals surface area contributed by atoms with Crippen molar-refractivity contribution in [3.05, 3.63) is 77.3 Å². The van der Waals surface area contributed by atoms with Gasteiger partial charge in [0.05, 0.1) is 11.4 Å². The summed E-state index contributed by atoms with van der Waals surface area (Å²) in [4.78, 5) is 7.23. The number of nitrogens with zero attached hydrogens (tertiary/aromatic N) is 3. The fourth-order valence-corrected chi connectivity index (χ4v) is 3.94. The molecule has 0 fully saturated rings. The minimum atomic E-state index is 0.215. The van der Waals surface area contributed by atoms with Crippen LogP contribution in [0.4, 0.5) is 0 Å². The second-order valence-electron chi connectivity index (χ2n) is 8.64. The molecular formula is C24H29N3. The van der Waals surface area contributed by atoms with Crippen molar-refractivity contribution in [1.29, 1.82) is 0 Å². The molecule has 3 heteroatoms. The standard InChI is InChI=1S/C24H29N3/c1-18-23(27-14-6-5-7-22(27)25-18)20-12-15-26(16-13-20)17-19-8-10-21(11-9-19)24(2,3)4/h5-12,14H,13,15-17H2,1-4H3. The molecule has 1 aliphatic heterocycles. The highest BCUT2D eigenvalue weighted by Crippen LogP contribution is 2.27. The molecule has 0 bridgehead atoms. The monoisotopic (exact) mass is 359 g/mol. The Morgan fingerprint density at radius 1 is 1.04 bits per heavy atom. The average molecular weight is 360 g/mol. The molecule has 0 atom stereocenters. The molecule has 0 amide bonds.